The predicted molar refractivity (Wildman–Crippen MR) is 76.4 cm³/mol. The first kappa shape index (κ1) is 12.0. The fraction of sp³-hybridized carbons (Fsp3) is 0.133. The van der Waals surface area contributed by atoms with E-state index in [9.17, 15) is 4.39 Å². The zero-order valence-corrected chi connectivity index (χ0v) is 11.1. The van der Waals surface area contributed by atoms with E-state index in [2.05, 4.69) is 15.3 Å². The molecule has 104 valence electrons. The molecule has 0 aliphatic heterocycles. The van der Waals surface area contributed by atoms with Gasteiger partial charge < -0.3 is 0 Å². The first-order valence-corrected chi connectivity index (χ1v) is 6.71. The summed E-state index contributed by atoms with van der Waals surface area (Å²) in [5.41, 5.74) is 1.75. The van der Waals surface area contributed by atoms with Crippen LogP contribution in [0.5, 0.6) is 0 Å². The predicted octanol–water partition coefficient (Wildman–Crippen LogP) is 2.46. The number of fused-ring (bicyclic) bond motifs is 2. The van der Waals surface area contributed by atoms with Crippen LogP contribution in [0.4, 0.5) is 4.39 Å². The SMILES string of the molecule is Fc1ccc2c(cnn2CCc2nnc3ccccn23)c1. The van der Waals surface area contributed by atoms with Gasteiger partial charge >= 0.3 is 0 Å². The Labute approximate surface area is 119 Å². The monoisotopic (exact) mass is 281 g/mol. The second kappa shape index (κ2) is 4.66. The molecule has 0 amide bonds. The average Bonchev–Trinajstić information content (AvgIpc) is 3.08. The standard InChI is InChI=1S/C15H12FN5/c16-12-4-5-13-11(9-12)10-17-21(13)8-6-15-19-18-14-3-1-2-7-20(14)15/h1-5,7,9-10H,6,8H2. The lowest BCUT2D eigenvalue weighted by molar-refractivity contribution is 0.614. The van der Waals surface area contributed by atoms with Crippen molar-refractivity contribution in [2.24, 2.45) is 0 Å². The third kappa shape index (κ3) is 2.05. The van der Waals surface area contributed by atoms with Gasteiger partial charge in [-0.25, -0.2) is 4.39 Å². The van der Waals surface area contributed by atoms with E-state index in [1.165, 1.54) is 12.1 Å². The largest absolute Gasteiger partial charge is 0.286 e. The van der Waals surface area contributed by atoms with Crippen molar-refractivity contribution in [1.29, 1.82) is 0 Å². The average molecular weight is 281 g/mol. The number of halogens is 1. The molecule has 3 heterocycles. The zero-order chi connectivity index (χ0) is 14.2. The zero-order valence-electron chi connectivity index (χ0n) is 11.1. The van der Waals surface area contributed by atoms with Crippen LogP contribution in [0.3, 0.4) is 0 Å². The summed E-state index contributed by atoms with van der Waals surface area (Å²) >= 11 is 0. The number of hydrogen-bond donors (Lipinski definition) is 0. The van der Waals surface area contributed by atoms with E-state index >= 15 is 0 Å². The minimum Gasteiger partial charge on any atom is -0.286 e. The molecule has 0 aliphatic carbocycles. The fourth-order valence-electron chi connectivity index (χ4n) is 2.50. The van der Waals surface area contributed by atoms with Gasteiger partial charge in [0.05, 0.1) is 11.7 Å². The van der Waals surface area contributed by atoms with Crippen LogP contribution in [-0.2, 0) is 13.0 Å². The Morgan fingerprint density at radius 3 is 3.00 bits per heavy atom. The molecule has 0 spiro atoms. The normalized spacial score (nSPS) is 11.5. The second-order valence-corrected chi connectivity index (χ2v) is 4.87. The second-order valence-electron chi connectivity index (χ2n) is 4.87. The lowest BCUT2D eigenvalue weighted by Crippen LogP contribution is -2.05. The molecule has 4 aromatic rings. The number of nitrogens with zero attached hydrogens (tertiary/aromatic N) is 5. The van der Waals surface area contributed by atoms with Gasteiger partial charge in [0.15, 0.2) is 5.65 Å². The summed E-state index contributed by atoms with van der Waals surface area (Å²) in [5, 5.41) is 13.4. The van der Waals surface area contributed by atoms with Crippen LogP contribution < -0.4 is 0 Å². The Morgan fingerprint density at radius 1 is 1.10 bits per heavy atom. The van der Waals surface area contributed by atoms with Gasteiger partial charge in [-0.2, -0.15) is 5.10 Å². The molecule has 6 heteroatoms. The molecule has 5 nitrogen and oxygen atoms in total. The van der Waals surface area contributed by atoms with Crippen molar-refractivity contribution in [3.8, 4) is 0 Å². The van der Waals surface area contributed by atoms with Crippen molar-refractivity contribution in [2.75, 3.05) is 0 Å². The molecule has 21 heavy (non-hydrogen) atoms. The fourth-order valence-corrected chi connectivity index (χ4v) is 2.50. The van der Waals surface area contributed by atoms with Gasteiger partial charge in [-0.05, 0) is 30.3 Å². The third-order valence-electron chi connectivity index (χ3n) is 3.54. The first-order chi connectivity index (χ1) is 10.3. The van der Waals surface area contributed by atoms with E-state index < -0.39 is 0 Å². The Kier molecular flexibility index (Phi) is 2.67. The van der Waals surface area contributed by atoms with Gasteiger partial charge in [0, 0.05) is 24.5 Å². The third-order valence-corrected chi connectivity index (χ3v) is 3.54. The summed E-state index contributed by atoms with van der Waals surface area (Å²) in [4.78, 5) is 0. The molecule has 0 bridgehead atoms. The summed E-state index contributed by atoms with van der Waals surface area (Å²) in [6.45, 7) is 0.671. The Bertz CT molecular complexity index is 924. The first-order valence-electron chi connectivity index (χ1n) is 6.71. The van der Waals surface area contributed by atoms with Crippen molar-refractivity contribution in [1.82, 2.24) is 24.4 Å². The highest BCUT2D eigenvalue weighted by atomic mass is 19.1. The lowest BCUT2D eigenvalue weighted by Gasteiger charge is -2.03. The quantitative estimate of drug-likeness (QED) is 0.579. The van der Waals surface area contributed by atoms with E-state index in [4.69, 9.17) is 0 Å². The minimum atomic E-state index is -0.245. The maximum absolute atomic E-state index is 13.2. The van der Waals surface area contributed by atoms with Crippen LogP contribution in [0.15, 0.2) is 48.8 Å². The maximum Gasteiger partial charge on any atom is 0.160 e. The number of pyridine rings is 1. The molecule has 0 saturated heterocycles. The number of benzene rings is 1. The Hall–Kier alpha value is -2.76. The van der Waals surface area contributed by atoms with Gasteiger partial charge in [-0.3, -0.25) is 9.08 Å². The molecule has 0 N–H and O–H groups in total. The summed E-state index contributed by atoms with van der Waals surface area (Å²) in [5.74, 6) is 0.641. The Morgan fingerprint density at radius 2 is 2.05 bits per heavy atom. The van der Waals surface area contributed by atoms with E-state index in [0.29, 0.717) is 13.0 Å². The molecule has 0 aliphatic rings. The summed E-state index contributed by atoms with van der Waals surface area (Å²) in [6, 6.07) is 10.5. The molecule has 0 fully saturated rings. The number of hydrogen-bond acceptors (Lipinski definition) is 3. The summed E-state index contributed by atoms with van der Waals surface area (Å²) in [6.07, 6.45) is 4.33. The van der Waals surface area contributed by atoms with Gasteiger partial charge in [-0.15, -0.1) is 10.2 Å². The number of aromatic nitrogens is 5. The molecule has 4 rings (SSSR count). The van der Waals surface area contributed by atoms with E-state index in [-0.39, 0.29) is 5.82 Å². The summed E-state index contributed by atoms with van der Waals surface area (Å²) < 4.78 is 17.0. The van der Waals surface area contributed by atoms with Crippen LogP contribution in [0.1, 0.15) is 5.82 Å². The highest BCUT2D eigenvalue weighted by Crippen LogP contribution is 2.15. The summed E-state index contributed by atoms with van der Waals surface area (Å²) in [7, 11) is 0. The number of rotatable bonds is 3. The van der Waals surface area contributed by atoms with Crippen molar-refractivity contribution in [3.63, 3.8) is 0 Å². The maximum atomic E-state index is 13.2. The van der Waals surface area contributed by atoms with Crippen molar-refractivity contribution < 1.29 is 4.39 Å². The van der Waals surface area contributed by atoms with Gasteiger partial charge in [0.2, 0.25) is 0 Å². The molecule has 0 saturated carbocycles. The van der Waals surface area contributed by atoms with Gasteiger partial charge in [-0.1, -0.05) is 6.07 Å². The van der Waals surface area contributed by atoms with Gasteiger partial charge in [0.25, 0.3) is 0 Å². The molecule has 0 radical (unpaired) electrons. The highest BCUT2D eigenvalue weighted by molar-refractivity contribution is 5.78. The van der Waals surface area contributed by atoms with Crippen LogP contribution >= 0.6 is 0 Å². The van der Waals surface area contributed by atoms with Gasteiger partial charge in [0.1, 0.15) is 11.6 Å². The Balaban J connectivity index is 1.63. The minimum absolute atomic E-state index is 0.245. The van der Waals surface area contributed by atoms with E-state index in [1.807, 2.05) is 33.5 Å². The van der Waals surface area contributed by atoms with E-state index in [0.717, 1.165) is 22.4 Å². The lowest BCUT2D eigenvalue weighted by atomic mass is 10.2. The van der Waals surface area contributed by atoms with Crippen molar-refractivity contribution in [3.05, 3.63) is 60.4 Å². The van der Waals surface area contributed by atoms with Crippen LogP contribution in [0.2, 0.25) is 0 Å². The smallest absolute Gasteiger partial charge is 0.160 e. The van der Waals surface area contributed by atoms with Crippen LogP contribution in [0, 0.1) is 5.82 Å². The molecular weight excluding hydrogens is 269 g/mol. The van der Waals surface area contributed by atoms with Crippen molar-refractivity contribution in [2.45, 2.75) is 13.0 Å². The van der Waals surface area contributed by atoms with Crippen molar-refractivity contribution >= 4 is 16.6 Å². The van der Waals surface area contributed by atoms with E-state index in [1.54, 1.807) is 12.3 Å². The topological polar surface area (TPSA) is 48.0 Å². The molecule has 1 aromatic carbocycles. The molecule has 3 aromatic heterocycles. The van der Waals surface area contributed by atoms with Crippen LogP contribution in [-0.4, -0.2) is 24.4 Å². The molecule has 0 unspecified atom stereocenters. The molecule has 0 atom stereocenters. The highest BCUT2D eigenvalue weighted by Gasteiger charge is 2.07. The molecular formula is C15H12FN5. The van der Waals surface area contributed by atoms with Crippen LogP contribution in [0.25, 0.3) is 16.6 Å². The number of aryl methyl sites for hydroxylation is 2.